The summed E-state index contributed by atoms with van der Waals surface area (Å²) >= 11 is 0. The Kier molecular flexibility index (Phi) is 4.85. The lowest BCUT2D eigenvalue weighted by Gasteiger charge is -2.35. The van der Waals surface area contributed by atoms with Crippen molar-refractivity contribution in [2.75, 3.05) is 13.2 Å². The summed E-state index contributed by atoms with van der Waals surface area (Å²) < 4.78 is 5.37. The molecule has 2 unspecified atom stereocenters. The Hall–Kier alpha value is -0.120. The normalized spacial score (nSPS) is 23.8. The molecular formula is C11H24N2O. The van der Waals surface area contributed by atoms with Crippen LogP contribution in [0.15, 0.2) is 0 Å². The molecule has 0 amide bonds. The molecule has 3 N–H and O–H groups in total. The predicted molar refractivity (Wildman–Crippen MR) is 58.7 cm³/mol. The van der Waals surface area contributed by atoms with Gasteiger partial charge in [0.2, 0.25) is 0 Å². The first-order valence-corrected chi connectivity index (χ1v) is 5.70. The maximum atomic E-state index is 5.65. The van der Waals surface area contributed by atoms with Gasteiger partial charge in [0.25, 0.3) is 0 Å². The van der Waals surface area contributed by atoms with Crippen molar-refractivity contribution in [1.29, 1.82) is 0 Å². The number of rotatable bonds is 4. The Morgan fingerprint density at radius 3 is 2.21 bits per heavy atom. The molecule has 0 aliphatic carbocycles. The Balaban J connectivity index is 2.50. The first-order chi connectivity index (χ1) is 6.66. The van der Waals surface area contributed by atoms with Crippen LogP contribution in [0.3, 0.4) is 0 Å². The van der Waals surface area contributed by atoms with Gasteiger partial charge in [-0.05, 0) is 30.6 Å². The van der Waals surface area contributed by atoms with Gasteiger partial charge >= 0.3 is 0 Å². The van der Waals surface area contributed by atoms with E-state index >= 15 is 0 Å². The molecule has 84 valence electrons. The third-order valence-electron chi connectivity index (χ3n) is 3.58. The number of hydrogen-bond donors (Lipinski definition) is 2. The second-order valence-electron chi connectivity index (χ2n) is 4.75. The van der Waals surface area contributed by atoms with Crippen LogP contribution in [-0.2, 0) is 4.74 Å². The molecule has 2 atom stereocenters. The zero-order valence-electron chi connectivity index (χ0n) is 9.62. The van der Waals surface area contributed by atoms with E-state index < -0.39 is 0 Å². The van der Waals surface area contributed by atoms with Crippen LogP contribution in [0.25, 0.3) is 0 Å². The van der Waals surface area contributed by atoms with Crippen molar-refractivity contribution in [3.63, 3.8) is 0 Å². The lowest BCUT2D eigenvalue weighted by Crippen LogP contribution is -2.48. The topological polar surface area (TPSA) is 47.3 Å². The third-order valence-corrected chi connectivity index (χ3v) is 3.58. The van der Waals surface area contributed by atoms with Gasteiger partial charge in [0, 0.05) is 19.3 Å². The van der Waals surface area contributed by atoms with E-state index in [9.17, 15) is 0 Å². The number of hydrogen-bond acceptors (Lipinski definition) is 3. The first kappa shape index (κ1) is 12.0. The number of hydrazine groups is 1. The van der Waals surface area contributed by atoms with E-state index in [1.54, 1.807) is 0 Å². The van der Waals surface area contributed by atoms with Crippen molar-refractivity contribution >= 4 is 0 Å². The first-order valence-electron chi connectivity index (χ1n) is 5.70. The Labute approximate surface area is 87.4 Å². The molecule has 0 aromatic heterocycles. The van der Waals surface area contributed by atoms with E-state index in [1.165, 1.54) is 0 Å². The van der Waals surface area contributed by atoms with E-state index in [-0.39, 0.29) is 0 Å². The highest BCUT2D eigenvalue weighted by atomic mass is 16.5. The van der Waals surface area contributed by atoms with Crippen molar-refractivity contribution in [2.24, 2.45) is 23.6 Å². The zero-order chi connectivity index (χ0) is 10.6. The molecule has 0 aromatic carbocycles. The van der Waals surface area contributed by atoms with Crippen LogP contribution < -0.4 is 11.3 Å². The maximum absolute atomic E-state index is 5.65. The van der Waals surface area contributed by atoms with Crippen LogP contribution in [0.5, 0.6) is 0 Å². The number of ether oxygens (including phenoxy) is 1. The van der Waals surface area contributed by atoms with E-state index in [0.29, 0.717) is 23.8 Å². The van der Waals surface area contributed by atoms with Gasteiger partial charge in [-0.2, -0.15) is 0 Å². The second kappa shape index (κ2) is 5.69. The predicted octanol–water partition coefficient (Wildman–Crippen LogP) is 1.54. The summed E-state index contributed by atoms with van der Waals surface area (Å²) in [6.07, 6.45) is 2.29. The van der Waals surface area contributed by atoms with Gasteiger partial charge in [-0.1, -0.05) is 20.8 Å². The highest BCUT2D eigenvalue weighted by Crippen LogP contribution is 2.26. The largest absolute Gasteiger partial charge is 0.381 e. The fourth-order valence-corrected chi connectivity index (χ4v) is 2.21. The van der Waals surface area contributed by atoms with Crippen LogP contribution in [0, 0.1) is 17.8 Å². The van der Waals surface area contributed by atoms with E-state index in [1.807, 2.05) is 0 Å². The van der Waals surface area contributed by atoms with Crippen molar-refractivity contribution in [1.82, 2.24) is 5.43 Å². The number of nitrogens with one attached hydrogen (secondary N) is 1. The summed E-state index contributed by atoms with van der Waals surface area (Å²) in [6, 6.07) is 0.443. The molecule has 0 spiro atoms. The molecule has 1 fully saturated rings. The van der Waals surface area contributed by atoms with E-state index in [2.05, 4.69) is 26.2 Å². The van der Waals surface area contributed by atoms with Gasteiger partial charge in [0.05, 0.1) is 0 Å². The van der Waals surface area contributed by atoms with Crippen LogP contribution in [0.4, 0.5) is 0 Å². The zero-order valence-corrected chi connectivity index (χ0v) is 9.62. The third kappa shape index (κ3) is 2.94. The lowest BCUT2D eigenvalue weighted by atomic mass is 9.80. The molecule has 3 nitrogen and oxygen atoms in total. The summed E-state index contributed by atoms with van der Waals surface area (Å²) in [5.74, 6) is 7.65. The molecule has 1 aliphatic rings. The molecular weight excluding hydrogens is 176 g/mol. The van der Waals surface area contributed by atoms with Gasteiger partial charge in [-0.15, -0.1) is 0 Å². The van der Waals surface area contributed by atoms with Gasteiger partial charge in [0.15, 0.2) is 0 Å². The fourth-order valence-electron chi connectivity index (χ4n) is 2.21. The molecule has 1 heterocycles. The minimum atomic E-state index is 0.443. The van der Waals surface area contributed by atoms with Crippen molar-refractivity contribution in [2.45, 2.75) is 39.7 Å². The van der Waals surface area contributed by atoms with Crippen molar-refractivity contribution in [3.05, 3.63) is 0 Å². The standard InChI is InChI=1S/C11H24N2O/c1-8(2)9(3)11(13-12)10-4-6-14-7-5-10/h8-11,13H,4-7,12H2,1-3H3. The van der Waals surface area contributed by atoms with Crippen LogP contribution >= 0.6 is 0 Å². The van der Waals surface area contributed by atoms with Crippen LogP contribution in [-0.4, -0.2) is 19.3 Å². The highest BCUT2D eigenvalue weighted by Gasteiger charge is 2.28. The minimum absolute atomic E-state index is 0.443. The summed E-state index contributed by atoms with van der Waals surface area (Å²) in [5.41, 5.74) is 3.00. The second-order valence-corrected chi connectivity index (χ2v) is 4.75. The molecule has 3 heteroatoms. The van der Waals surface area contributed by atoms with Crippen LogP contribution in [0.1, 0.15) is 33.6 Å². The highest BCUT2D eigenvalue weighted by molar-refractivity contribution is 4.82. The Morgan fingerprint density at radius 2 is 1.79 bits per heavy atom. The maximum Gasteiger partial charge on any atom is 0.0469 e. The quantitative estimate of drug-likeness (QED) is 0.534. The van der Waals surface area contributed by atoms with Gasteiger partial charge in [-0.25, -0.2) is 0 Å². The van der Waals surface area contributed by atoms with Crippen LogP contribution in [0.2, 0.25) is 0 Å². The van der Waals surface area contributed by atoms with Gasteiger partial charge in [0.1, 0.15) is 0 Å². The van der Waals surface area contributed by atoms with Crippen molar-refractivity contribution in [3.8, 4) is 0 Å². The molecule has 0 saturated carbocycles. The molecule has 1 saturated heterocycles. The van der Waals surface area contributed by atoms with E-state index in [0.717, 1.165) is 26.1 Å². The average molecular weight is 200 g/mol. The molecule has 14 heavy (non-hydrogen) atoms. The van der Waals surface area contributed by atoms with Gasteiger partial charge < -0.3 is 4.74 Å². The average Bonchev–Trinajstić information content (AvgIpc) is 2.20. The summed E-state index contributed by atoms with van der Waals surface area (Å²) in [6.45, 7) is 8.59. The molecule has 1 rings (SSSR count). The van der Waals surface area contributed by atoms with E-state index in [4.69, 9.17) is 10.6 Å². The lowest BCUT2D eigenvalue weighted by molar-refractivity contribution is 0.0416. The SMILES string of the molecule is CC(C)C(C)C(NN)C1CCOCC1. The summed E-state index contributed by atoms with van der Waals surface area (Å²) in [4.78, 5) is 0. The smallest absolute Gasteiger partial charge is 0.0469 e. The van der Waals surface area contributed by atoms with Crippen molar-refractivity contribution < 1.29 is 4.74 Å². The summed E-state index contributed by atoms with van der Waals surface area (Å²) in [5, 5.41) is 0. The Bertz CT molecular complexity index is 155. The molecule has 1 aliphatic heterocycles. The molecule has 0 bridgehead atoms. The van der Waals surface area contributed by atoms with Gasteiger partial charge in [-0.3, -0.25) is 11.3 Å². The minimum Gasteiger partial charge on any atom is -0.381 e. The number of nitrogens with two attached hydrogens (primary N) is 1. The summed E-state index contributed by atoms with van der Waals surface area (Å²) in [7, 11) is 0. The monoisotopic (exact) mass is 200 g/mol. The molecule has 0 radical (unpaired) electrons. The fraction of sp³-hybridized carbons (Fsp3) is 1.00. The molecule has 0 aromatic rings. The Morgan fingerprint density at radius 1 is 1.21 bits per heavy atom.